The first-order valence-corrected chi connectivity index (χ1v) is 8.49. The van der Waals surface area contributed by atoms with Gasteiger partial charge >= 0.3 is 0 Å². The smallest absolute Gasteiger partial charge is 0.161 e. The van der Waals surface area contributed by atoms with Crippen molar-refractivity contribution in [3.63, 3.8) is 0 Å². The van der Waals surface area contributed by atoms with Crippen LogP contribution in [-0.2, 0) is 0 Å². The Balaban J connectivity index is 1.78. The molecule has 1 aromatic rings. The topological polar surface area (TPSA) is 21.7 Å². The largest absolute Gasteiger partial charge is 0.493 e. The molecule has 0 aromatic heterocycles. The molecule has 0 spiro atoms. The van der Waals surface area contributed by atoms with Crippen LogP contribution in [0.5, 0.6) is 11.5 Å². The van der Waals surface area contributed by atoms with Crippen LogP contribution in [0.3, 0.4) is 0 Å². The number of nitrogens with zero attached hydrogens (tertiary/aromatic N) is 1. The van der Waals surface area contributed by atoms with Crippen LogP contribution in [0.25, 0.3) is 6.08 Å². The van der Waals surface area contributed by atoms with Crippen LogP contribution in [-0.4, -0.2) is 38.3 Å². The first kappa shape index (κ1) is 16.9. The molecule has 0 aliphatic carbocycles. The van der Waals surface area contributed by atoms with E-state index in [9.17, 15) is 0 Å². The highest BCUT2D eigenvalue weighted by molar-refractivity contribution is 5.55. The molecule has 3 heteroatoms. The van der Waals surface area contributed by atoms with Crippen molar-refractivity contribution in [1.82, 2.24) is 4.90 Å². The lowest BCUT2D eigenvalue weighted by Gasteiger charge is -2.19. The Labute approximate surface area is 134 Å². The quantitative estimate of drug-likeness (QED) is 0.698. The van der Waals surface area contributed by atoms with Gasteiger partial charge in [0, 0.05) is 6.54 Å². The van der Waals surface area contributed by atoms with Crippen molar-refractivity contribution < 1.29 is 9.47 Å². The molecule has 0 radical (unpaired) electrons. The van der Waals surface area contributed by atoms with Gasteiger partial charge in [0.2, 0.25) is 0 Å². The molecule has 122 valence electrons. The van der Waals surface area contributed by atoms with E-state index in [2.05, 4.69) is 17.0 Å². The third-order valence-corrected chi connectivity index (χ3v) is 4.12. The number of benzene rings is 1. The Bertz CT molecular complexity index is 463. The molecule has 0 saturated carbocycles. The molecule has 0 unspecified atom stereocenters. The number of methoxy groups -OCH3 is 1. The molecule has 1 aliphatic heterocycles. The van der Waals surface area contributed by atoms with E-state index < -0.39 is 0 Å². The number of rotatable bonds is 7. The summed E-state index contributed by atoms with van der Waals surface area (Å²) in [6.07, 6.45) is 10.6. The van der Waals surface area contributed by atoms with Crippen molar-refractivity contribution in [2.24, 2.45) is 0 Å². The third-order valence-electron chi connectivity index (χ3n) is 4.12. The van der Waals surface area contributed by atoms with E-state index in [1.165, 1.54) is 38.8 Å². The molecular weight excluding hydrogens is 274 g/mol. The standard InChI is InChI=1S/C19H29NO2/c1-3-9-17-10-11-18(19(16-17)21-2)22-15-8-14-20-12-6-4-5-7-13-20/h3,9-11,16H,4-8,12-15H2,1-2H3/b9-3+. The summed E-state index contributed by atoms with van der Waals surface area (Å²) in [5.74, 6) is 1.65. The fraction of sp³-hybridized carbons (Fsp3) is 0.579. The highest BCUT2D eigenvalue weighted by atomic mass is 16.5. The van der Waals surface area contributed by atoms with Crippen LogP contribution in [0, 0.1) is 0 Å². The van der Waals surface area contributed by atoms with E-state index in [0.29, 0.717) is 0 Å². The summed E-state index contributed by atoms with van der Waals surface area (Å²) in [7, 11) is 1.69. The van der Waals surface area contributed by atoms with Crippen molar-refractivity contribution in [2.75, 3.05) is 33.4 Å². The summed E-state index contributed by atoms with van der Waals surface area (Å²) in [6.45, 7) is 6.40. The highest BCUT2D eigenvalue weighted by Gasteiger charge is 2.09. The van der Waals surface area contributed by atoms with Gasteiger partial charge in [-0.3, -0.25) is 0 Å². The van der Waals surface area contributed by atoms with Crippen LogP contribution < -0.4 is 9.47 Å². The molecule has 1 aliphatic rings. The Morgan fingerprint density at radius 1 is 1.09 bits per heavy atom. The van der Waals surface area contributed by atoms with Crippen LogP contribution in [0.15, 0.2) is 24.3 Å². The number of hydrogen-bond acceptors (Lipinski definition) is 3. The molecule has 1 fully saturated rings. The summed E-state index contributed by atoms with van der Waals surface area (Å²) in [4.78, 5) is 2.57. The summed E-state index contributed by atoms with van der Waals surface area (Å²) in [6, 6.07) is 6.08. The number of hydrogen-bond donors (Lipinski definition) is 0. The maximum Gasteiger partial charge on any atom is 0.161 e. The molecule has 1 saturated heterocycles. The fourth-order valence-electron chi connectivity index (χ4n) is 2.93. The van der Waals surface area contributed by atoms with Crippen molar-refractivity contribution in [1.29, 1.82) is 0 Å². The molecular formula is C19H29NO2. The molecule has 3 nitrogen and oxygen atoms in total. The molecule has 0 bridgehead atoms. The number of allylic oxidation sites excluding steroid dienone is 1. The Morgan fingerprint density at radius 3 is 2.55 bits per heavy atom. The first-order chi connectivity index (χ1) is 10.8. The zero-order chi connectivity index (χ0) is 15.6. The maximum atomic E-state index is 5.91. The zero-order valence-corrected chi connectivity index (χ0v) is 14.0. The monoisotopic (exact) mass is 303 g/mol. The van der Waals surface area contributed by atoms with Crippen LogP contribution in [0.1, 0.15) is 44.6 Å². The summed E-state index contributed by atoms with van der Waals surface area (Å²) >= 11 is 0. The molecule has 1 heterocycles. The van der Waals surface area contributed by atoms with Gasteiger partial charge in [0.05, 0.1) is 13.7 Å². The normalized spacial score (nSPS) is 16.6. The van der Waals surface area contributed by atoms with Crippen molar-refractivity contribution >= 4 is 6.08 Å². The second-order valence-electron chi connectivity index (χ2n) is 5.87. The van der Waals surface area contributed by atoms with Gasteiger partial charge in [0.1, 0.15) is 0 Å². The third kappa shape index (κ3) is 5.38. The lowest BCUT2D eigenvalue weighted by atomic mass is 10.2. The lowest BCUT2D eigenvalue weighted by Crippen LogP contribution is -2.26. The highest BCUT2D eigenvalue weighted by Crippen LogP contribution is 2.28. The minimum atomic E-state index is 0.746. The lowest BCUT2D eigenvalue weighted by molar-refractivity contribution is 0.235. The van der Waals surface area contributed by atoms with E-state index in [0.717, 1.165) is 36.6 Å². The molecule has 0 atom stereocenters. The second-order valence-corrected chi connectivity index (χ2v) is 5.87. The van der Waals surface area contributed by atoms with Crippen molar-refractivity contribution in [3.8, 4) is 11.5 Å². The predicted molar refractivity (Wildman–Crippen MR) is 92.7 cm³/mol. The van der Waals surface area contributed by atoms with E-state index in [1.54, 1.807) is 7.11 Å². The summed E-state index contributed by atoms with van der Waals surface area (Å²) in [5, 5.41) is 0. The molecule has 2 rings (SSSR count). The molecule has 1 aromatic carbocycles. The maximum absolute atomic E-state index is 5.91. The van der Waals surface area contributed by atoms with Gasteiger partial charge in [-0.25, -0.2) is 0 Å². The van der Waals surface area contributed by atoms with Gasteiger partial charge in [-0.1, -0.05) is 31.1 Å². The van der Waals surface area contributed by atoms with E-state index in [1.807, 2.05) is 25.1 Å². The van der Waals surface area contributed by atoms with Gasteiger partial charge in [-0.15, -0.1) is 0 Å². The van der Waals surface area contributed by atoms with Gasteiger partial charge in [0.25, 0.3) is 0 Å². The second kappa shape index (κ2) is 9.52. The van der Waals surface area contributed by atoms with Crippen molar-refractivity contribution in [3.05, 3.63) is 29.8 Å². The average Bonchev–Trinajstić information content (AvgIpc) is 2.81. The Hall–Kier alpha value is -1.48. The number of likely N-dealkylation sites (tertiary alicyclic amines) is 1. The minimum absolute atomic E-state index is 0.746. The molecule has 22 heavy (non-hydrogen) atoms. The fourth-order valence-corrected chi connectivity index (χ4v) is 2.93. The SMILES string of the molecule is C/C=C/c1ccc(OCCCN2CCCCCC2)c(OC)c1. The van der Waals surface area contributed by atoms with Crippen molar-refractivity contribution in [2.45, 2.75) is 39.0 Å². The van der Waals surface area contributed by atoms with Crippen LogP contribution >= 0.6 is 0 Å². The zero-order valence-electron chi connectivity index (χ0n) is 14.0. The summed E-state index contributed by atoms with van der Waals surface area (Å²) in [5.41, 5.74) is 1.14. The van der Waals surface area contributed by atoms with Crippen LogP contribution in [0.2, 0.25) is 0 Å². The van der Waals surface area contributed by atoms with Gasteiger partial charge in [0.15, 0.2) is 11.5 Å². The average molecular weight is 303 g/mol. The minimum Gasteiger partial charge on any atom is -0.493 e. The van der Waals surface area contributed by atoms with Gasteiger partial charge < -0.3 is 14.4 Å². The van der Waals surface area contributed by atoms with Crippen LogP contribution in [0.4, 0.5) is 0 Å². The summed E-state index contributed by atoms with van der Waals surface area (Å²) < 4.78 is 11.3. The predicted octanol–water partition coefficient (Wildman–Crippen LogP) is 4.37. The Morgan fingerprint density at radius 2 is 1.86 bits per heavy atom. The molecule has 0 amide bonds. The first-order valence-electron chi connectivity index (χ1n) is 8.49. The van der Waals surface area contributed by atoms with E-state index in [-0.39, 0.29) is 0 Å². The van der Waals surface area contributed by atoms with Gasteiger partial charge in [-0.05, 0) is 57.0 Å². The molecule has 0 N–H and O–H groups in total. The van der Waals surface area contributed by atoms with E-state index in [4.69, 9.17) is 9.47 Å². The Kier molecular flexibility index (Phi) is 7.31. The van der Waals surface area contributed by atoms with E-state index >= 15 is 0 Å². The number of ether oxygens (including phenoxy) is 2. The van der Waals surface area contributed by atoms with Gasteiger partial charge in [-0.2, -0.15) is 0 Å².